The lowest BCUT2D eigenvalue weighted by Gasteiger charge is -2.05. The molecule has 4 heteroatoms. The summed E-state index contributed by atoms with van der Waals surface area (Å²) in [6.07, 6.45) is 0. The van der Waals surface area contributed by atoms with Crippen LogP contribution in [0.25, 0.3) is 0 Å². The normalized spacial score (nSPS) is 27.6. The van der Waals surface area contributed by atoms with Gasteiger partial charge in [-0.2, -0.15) is 10.2 Å². The first-order valence-electron chi connectivity index (χ1n) is 2.35. The van der Waals surface area contributed by atoms with Gasteiger partial charge in [-0.15, -0.1) is 0 Å². The van der Waals surface area contributed by atoms with E-state index in [1.54, 1.807) is 13.8 Å². The molecule has 0 bridgehead atoms. The Morgan fingerprint density at radius 3 is 2.25 bits per heavy atom. The number of hydrogen-bond acceptors (Lipinski definition) is 3. The highest BCUT2D eigenvalue weighted by atomic mass is 16.5. The predicted molar refractivity (Wildman–Crippen MR) is 30.5 cm³/mol. The molecule has 0 aliphatic carbocycles. The van der Waals surface area contributed by atoms with Crippen molar-refractivity contribution >= 4 is 11.7 Å². The van der Waals surface area contributed by atoms with Crippen molar-refractivity contribution in [2.45, 2.75) is 13.8 Å². The highest BCUT2D eigenvalue weighted by Crippen LogP contribution is 1.81. The van der Waals surface area contributed by atoms with Gasteiger partial charge in [0.05, 0.1) is 0 Å². The third-order valence-corrected chi connectivity index (χ3v) is 0.902. The van der Waals surface area contributed by atoms with Crippen molar-refractivity contribution in [1.29, 1.82) is 0 Å². The summed E-state index contributed by atoms with van der Waals surface area (Å²) in [4.78, 5) is 3.79. The van der Waals surface area contributed by atoms with Gasteiger partial charge in [0, 0.05) is 13.8 Å². The van der Waals surface area contributed by atoms with E-state index in [1.165, 1.54) is 0 Å². The predicted octanol–water partition coefficient (Wildman–Crippen LogP) is -0.865. The monoisotopic (exact) mass is 113 g/mol. The molecule has 0 amide bonds. The van der Waals surface area contributed by atoms with Gasteiger partial charge in [-0.25, -0.2) is 0 Å². The van der Waals surface area contributed by atoms with Crippen LogP contribution in [0.1, 0.15) is 13.8 Å². The molecule has 1 aliphatic rings. The molecule has 0 radical (unpaired) electrons. The average Bonchev–Trinajstić information content (AvgIpc) is 1.85. The lowest BCUT2D eigenvalue weighted by Crippen LogP contribution is -3.03. The Kier molecular flexibility index (Phi) is 1.11. The van der Waals surface area contributed by atoms with Crippen LogP contribution in [0, 0.1) is 5.21 Å². The summed E-state index contributed by atoms with van der Waals surface area (Å²) in [6, 6.07) is 0. The quantitative estimate of drug-likeness (QED) is 0.408. The van der Waals surface area contributed by atoms with E-state index in [0.717, 1.165) is 0 Å². The van der Waals surface area contributed by atoms with Crippen molar-refractivity contribution in [2.75, 3.05) is 0 Å². The molecule has 1 rings (SSSR count). The first kappa shape index (κ1) is 5.40. The second-order valence-electron chi connectivity index (χ2n) is 1.66. The van der Waals surface area contributed by atoms with E-state index in [9.17, 15) is 5.21 Å². The highest BCUT2D eigenvalue weighted by molar-refractivity contribution is 5.93. The van der Waals surface area contributed by atoms with E-state index >= 15 is 0 Å². The maximum Gasteiger partial charge on any atom is 0.226 e. The molecule has 1 atom stereocenters. The largest absolute Gasteiger partial charge is 0.600 e. The minimum Gasteiger partial charge on any atom is -0.600 e. The molecule has 1 unspecified atom stereocenters. The maximum absolute atomic E-state index is 10.5. The molecule has 0 aromatic carbocycles. The summed E-state index contributed by atoms with van der Waals surface area (Å²) in [6.45, 7) is 3.36. The molecule has 0 saturated heterocycles. The van der Waals surface area contributed by atoms with Gasteiger partial charge in [-0.1, -0.05) is 5.10 Å². The van der Waals surface area contributed by atoms with E-state index in [4.69, 9.17) is 0 Å². The van der Waals surface area contributed by atoms with E-state index in [2.05, 4.69) is 10.1 Å². The van der Waals surface area contributed by atoms with Crippen LogP contribution in [0.4, 0.5) is 0 Å². The molecule has 1 heterocycles. The number of rotatable bonds is 0. The average molecular weight is 113 g/mol. The summed E-state index contributed by atoms with van der Waals surface area (Å²) < 4.78 is 0. The third-order valence-electron chi connectivity index (χ3n) is 0.902. The molecule has 0 fully saturated rings. The van der Waals surface area contributed by atoms with Crippen LogP contribution >= 0.6 is 0 Å². The number of hydrogen-bond donors (Lipinski definition) is 1. The fraction of sp³-hybridized carbons (Fsp3) is 0.500. The van der Waals surface area contributed by atoms with Gasteiger partial charge in [0.25, 0.3) is 0 Å². The van der Waals surface area contributed by atoms with Crippen molar-refractivity contribution in [2.24, 2.45) is 10.1 Å². The summed E-state index contributed by atoms with van der Waals surface area (Å²) in [5.74, 6) is 1.05. The SMILES string of the molecule is CC1=N[NH+]([O-])C(C)=N1. The van der Waals surface area contributed by atoms with E-state index in [1.807, 2.05) is 0 Å². The fourth-order valence-corrected chi connectivity index (χ4v) is 0.543. The first-order valence-corrected chi connectivity index (χ1v) is 2.35. The number of hydroxylamine groups is 1. The number of aliphatic imine (C=N–C) groups is 1. The number of amidine groups is 2. The van der Waals surface area contributed by atoms with Gasteiger partial charge in [-0.05, 0) is 0 Å². The highest BCUT2D eigenvalue weighted by Gasteiger charge is 2.08. The van der Waals surface area contributed by atoms with Crippen molar-refractivity contribution in [3.63, 3.8) is 0 Å². The van der Waals surface area contributed by atoms with E-state index < -0.39 is 0 Å². The number of nitrogens with zero attached hydrogens (tertiary/aromatic N) is 2. The first-order chi connectivity index (χ1) is 3.70. The standard InChI is InChI=1S/C4H7N3O/c1-3-5-4(2)7(8)6-3/h7H,1-2H3. The van der Waals surface area contributed by atoms with Crippen molar-refractivity contribution in [3.8, 4) is 0 Å². The Bertz CT molecular complexity index is 161. The molecule has 0 aromatic rings. The van der Waals surface area contributed by atoms with Crippen LogP contribution in [0.5, 0.6) is 0 Å². The Morgan fingerprint density at radius 1 is 1.50 bits per heavy atom. The topological polar surface area (TPSA) is 52.2 Å². The van der Waals surface area contributed by atoms with E-state index in [0.29, 0.717) is 11.7 Å². The number of quaternary nitrogens is 1. The molecule has 1 aliphatic heterocycles. The van der Waals surface area contributed by atoms with Gasteiger partial charge in [0.2, 0.25) is 5.84 Å². The smallest absolute Gasteiger partial charge is 0.226 e. The lowest BCUT2D eigenvalue weighted by atomic mass is 10.7. The third kappa shape index (κ3) is 0.753. The minimum absolute atomic E-state index is 0.206. The summed E-state index contributed by atoms with van der Waals surface area (Å²) >= 11 is 0. The van der Waals surface area contributed by atoms with Crippen molar-refractivity contribution in [1.82, 2.24) is 0 Å². The lowest BCUT2D eigenvalue weighted by molar-refractivity contribution is -0.752. The second-order valence-corrected chi connectivity index (χ2v) is 1.66. The van der Waals surface area contributed by atoms with Crippen LogP contribution in [-0.2, 0) is 0 Å². The summed E-state index contributed by atoms with van der Waals surface area (Å²) in [5.41, 5.74) is 0. The molecule has 0 aromatic heterocycles. The Hall–Kier alpha value is -0.740. The maximum atomic E-state index is 10.5. The van der Waals surface area contributed by atoms with Gasteiger partial charge in [0.1, 0.15) is 0 Å². The van der Waals surface area contributed by atoms with Crippen LogP contribution < -0.4 is 5.17 Å². The number of nitrogens with one attached hydrogen (secondary N) is 1. The van der Waals surface area contributed by atoms with Gasteiger partial charge >= 0.3 is 0 Å². The fourth-order valence-electron chi connectivity index (χ4n) is 0.543. The van der Waals surface area contributed by atoms with Crippen LogP contribution in [0.3, 0.4) is 0 Å². The minimum atomic E-state index is -0.206. The molecule has 1 N–H and O–H groups in total. The Balaban J connectivity index is 2.78. The summed E-state index contributed by atoms with van der Waals surface area (Å²) in [7, 11) is 0. The molecule has 4 nitrogen and oxygen atoms in total. The Labute approximate surface area is 47.1 Å². The van der Waals surface area contributed by atoms with Gasteiger partial charge in [0.15, 0.2) is 5.84 Å². The van der Waals surface area contributed by atoms with Crippen LogP contribution in [-0.4, -0.2) is 11.7 Å². The zero-order valence-electron chi connectivity index (χ0n) is 4.80. The second kappa shape index (κ2) is 1.65. The Morgan fingerprint density at radius 2 is 2.12 bits per heavy atom. The molecule has 0 saturated carbocycles. The van der Waals surface area contributed by atoms with Gasteiger partial charge < -0.3 is 5.21 Å². The molecular formula is C4H7N3O. The zero-order valence-corrected chi connectivity index (χ0v) is 4.80. The van der Waals surface area contributed by atoms with Gasteiger partial charge in [-0.3, -0.25) is 0 Å². The summed E-state index contributed by atoms with van der Waals surface area (Å²) in [5, 5.41) is 13.8. The van der Waals surface area contributed by atoms with Crippen molar-refractivity contribution < 1.29 is 5.17 Å². The van der Waals surface area contributed by atoms with Crippen molar-refractivity contribution in [3.05, 3.63) is 5.21 Å². The molecule has 8 heavy (non-hydrogen) atoms. The van der Waals surface area contributed by atoms with Crippen LogP contribution in [0.2, 0.25) is 0 Å². The zero-order chi connectivity index (χ0) is 6.15. The molecule has 44 valence electrons. The van der Waals surface area contributed by atoms with Crippen LogP contribution in [0.15, 0.2) is 10.1 Å². The molecule has 0 spiro atoms. The van der Waals surface area contributed by atoms with E-state index in [-0.39, 0.29) is 5.17 Å². The molecular weight excluding hydrogens is 106 g/mol.